The summed E-state index contributed by atoms with van der Waals surface area (Å²) in [5.74, 6) is -0.999. The van der Waals surface area contributed by atoms with E-state index in [0.29, 0.717) is 0 Å². The lowest BCUT2D eigenvalue weighted by atomic mass is 9.87. The van der Waals surface area contributed by atoms with Gasteiger partial charge in [0.1, 0.15) is 6.04 Å². The van der Waals surface area contributed by atoms with Crippen molar-refractivity contribution in [3.63, 3.8) is 0 Å². The fourth-order valence-electron chi connectivity index (χ4n) is 2.25. The number of amides is 2. The summed E-state index contributed by atoms with van der Waals surface area (Å²) < 4.78 is 0. The predicted octanol–water partition coefficient (Wildman–Crippen LogP) is 2.12. The fourth-order valence-corrected chi connectivity index (χ4v) is 2.25. The highest BCUT2D eigenvalue weighted by Gasteiger charge is 2.33. The number of urea groups is 1. The standard InChI is InChI=1S/C13H24N2O3/c1-13(2,3)10(11(16)17)15-12(18)14-9-7-5-4-6-8-9/h9-10H,4-8H2,1-3H3,(H,16,17)(H2,14,15,18)/t10-/m0/s1. The molecule has 1 aliphatic rings. The largest absolute Gasteiger partial charge is 0.480 e. The SMILES string of the molecule is CC(C)(C)[C@@H](NC(=O)NC1CCCCC1)C(=O)O. The maximum Gasteiger partial charge on any atom is 0.326 e. The van der Waals surface area contributed by atoms with Crippen LogP contribution in [0.2, 0.25) is 0 Å². The number of aliphatic carboxylic acids is 1. The number of carboxylic acid groups (broad SMARTS) is 1. The van der Waals surface area contributed by atoms with E-state index >= 15 is 0 Å². The zero-order valence-corrected chi connectivity index (χ0v) is 11.5. The normalized spacial score (nSPS) is 19.1. The zero-order valence-electron chi connectivity index (χ0n) is 11.5. The summed E-state index contributed by atoms with van der Waals surface area (Å²) in [7, 11) is 0. The van der Waals surface area contributed by atoms with Crippen LogP contribution in [0.3, 0.4) is 0 Å². The van der Waals surface area contributed by atoms with E-state index in [1.165, 1.54) is 6.42 Å². The Morgan fingerprint density at radius 3 is 2.17 bits per heavy atom. The van der Waals surface area contributed by atoms with Gasteiger partial charge in [-0.1, -0.05) is 40.0 Å². The lowest BCUT2D eigenvalue weighted by Gasteiger charge is -2.29. The number of carboxylic acids is 1. The molecule has 1 fully saturated rings. The molecule has 0 radical (unpaired) electrons. The van der Waals surface area contributed by atoms with Gasteiger partial charge in [-0.15, -0.1) is 0 Å². The minimum atomic E-state index is -0.999. The van der Waals surface area contributed by atoms with E-state index in [1.54, 1.807) is 20.8 Å². The summed E-state index contributed by atoms with van der Waals surface area (Å²) in [5, 5.41) is 14.5. The first kappa shape index (κ1) is 14.8. The van der Waals surface area contributed by atoms with Crippen LogP contribution in [0.15, 0.2) is 0 Å². The molecule has 18 heavy (non-hydrogen) atoms. The highest BCUT2D eigenvalue weighted by atomic mass is 16.4. The predicted molar refractivity (Wildman–Crippen MR) is 69.4 cm³/mol. The van der Waals surface area contributed by atoms with Crippen LogP contribution in [0.25, 0.3) is 0 Å². The molecule has 5 heteroatoms. The van der Waals surface area contributed by atoms with Gasteiger partial charge < -0.3 is 15.7 Å². The summed E-state index contributed by atoms with van der Waals surface area (Å²) in [6.45, 7) is 5.39. The molecule has 1 aliphatic carbocycles. The van der Waals surface area contributed by atoms with Gasteiger partial charge >= 0.3 is 12.0 Å². The monoisotopic (exact) mass is 256 g/mol. The molecule has 0 aromatic carbocycles. The van der Waals surface area contributed by atoms with Gasteiger partial charge in [0.25, 0.3) is 0 Å². The Kier molecular flexibility index (Phi) is 4.99. The van der Waals surface area contributed by atoms with Crippen LogP contribution in [0, 0.1) is 5.41 Å². The number of hydrogen-bond donors (Lipinski definition) is 3. The van der Waals surface area contributed by atoms with Gasteiger partial charge in [-0.05, 0) is 18.3 Å². The molecule has 0 spiro atoms. The Morgan fingerprint density at radius 1 is 1.17 bits per heavy atom. The minimum absolute atomic E-state index is 0.188. The maximum absolute atomic E-state index is 11.8. The molecule has 0 bridgehead atoms. The Bertz CT molecular complexity index is 304. The molecule has 0 heterocycles. The number of rotatable bonds is 3. The molecule has 1 atom stereocenters. The molecule has 0 unspecified atom stereocenters. The second kappa shape index (κ2) is 6.07. The van der Waals surface area contributed by atoms with Crippen LogP contribution in [-0.2, 0) is 4.79 Å². The maximum atomic E-state index is 11.8. The van der Waals surface area contributed by atoms with Crippen molar-refractivity contribution in [2.24, 2.45) is 5.41 Å². The Morgan fingerprint density at radius 2 is 1.72 bits per heavy atom. The fraction of sp³-hybridized carbons (Fsp3) is 0.846. The smallest absolute Gasteiger partial charge is 0.326 e. The second-order valence-electron chi connectivity index (χ2n) is 6.09. The molecule has 0 aromatic heterocycles. The molecule has 5 nitrogen and oxygen atoms in total. The minimum Gasteiger partial charge on any atom is -0.480 e. The van der Waals surface area contributed by atoms with E-state index in [2.05, 4.69) is 10.6 Å². The first-order valence-corrected chi connectivity index (χ1v) is 6.60. The molecular formula is C13H24N2O3. The highest BCUT2D eigenvalue weighted by molar-refractivity contribution is 5.83. The lowest BCUT2D eigenvalue weighted by molar-refractivity contribution is -0.141. The summed E-state index contributed by atoms with van der Waals surface area (Å²) in [6, 6.07) is -1.06. The van der Waals surface area contributed by atoms with Crippen LogP contribution in [0.1, 0.15) is 52.9 Å². The second-order valence-corrected chi connectivity index (χ2v) is 6.09. The van der Waals surface area contributed by atoms with Crippen molar-refractivity contribution in [2.75, 3.05) is 0 Å². The van der Waals surface area contributed by atoms with Crippen molar-refractivity contribution >= 4 is 12.0 Å². The summed E-state index contributed by atoms with van der Waals surface area (Å²) in [4.78, 5) is 22.9. The van der Waals surface area contributed by atoms with Crippen LogP contribution >= 0.6 is 0 Å². The average Bonchev–Trinajstić information content (AvgIpc) is 2.25. The van der Waals surface area contributed by atoms with Crippen LogP contribution in [0.5, 0.6) is 0 Å². The van der Waals surface area contributed by atoms with Crippen LogP contribution in [0.4, 0.5) is 4.79 Å². The van der Waals surface area contributed by atoms with Gasteiger partial charge in [0.05, 0.1) is 0 Å². The molecule has 2 amide bonds. The summed E-state index contributed by atoms with van der Waals surface area (Å²) in [6.07, 6.45) is 5.46. The van der Waals surface area contributed by atoms with Crippen LogP contribution < -0.4 is 10.6 Å². The molecule has 104 valence electrons. The van der Waals surface area contributed by atoms with Gasteiger partial charge in [-0.3, -0.25) is 0 Å². The first-order chi connectivity index (χ1) is 8.30. The number of nitrogens with one attached hydrogen (secondary N) is 2. The first-order valence-electron chi connectivity index (χ1n) is 6.60. The molecular weight excluding hydrogens is 232 g/mol. The Balaban J connectivity index is 2.48. The summed E-state index contributed by atoms with van der Waals surface area (Å²) >= 11 is 0. The van der Waals surface area contributed by atoms with E-state index in [9.17, 15) is 9.59 Å². The van der Waals surface area contributed by atoms with E-state index in [-0.39, 0.29) is 12.1 Å². The van der Waals surface area contributed by atoms with Gasteiger partial charge in [-0.2, -0.15) is 0 Å². The van der Waals surface area contributed by atoms with Crippen molar-refractivity contribution in [1.82, 2.24) is 10.6 Å². The number of carbonyl (C=O) groups excluding carboxylic acids is 1. The Hall–Kier alpha value is -1.26. The van der Waals surface area contributed by atoms with Crippen molar-refractivity contribution in [3.05, 3.63) is 0 Å². The third-order valence-corrected chi connectivity index (χ3v) is 3.33. The van der Waals surface area contributed by atoms with Crippen molar-refractivity contribution in [3.8, 4) is 0 Å². The molecule has 0 aliphatic heterocycles. The molecule has 0 saturated heterocycles. The van der Waals surface area contributed by atoms with Gasteiger partial charge in [-0.25, -0.2) is 9.59 Å². The van der Waals surface area contributed by atoms with E-state index in [4.69, 9.17) is 5.11 Å². The van der Waals surface area contributed by atoms with Gasteiger partial charge in [0.15, 0.2) is 0 Å². The van der Waals surface area contributed by atoms with E-state index < -0.39 is 17.4 Å². The molecule has 1 saturated carbocycles. The zero-order chi connectivity index (χ0) is 13.8. The third kappa shape index (κ3) is 4.55. The van der Waals surface area contributed by atoms with Crippen LogP contribution in [-0.4, -0.2) is 29.2 Å². The van der Waals surface area contributed by atoms with Crippen molar-refractivity contribution in [2.45, 2.75) is 65.0 Å². The molecule has 0 aromatic rings. The Labute approximate surface area is 108 Å². The molecule has 3 N–H and O–H groups in total. The number of carbonyl (C=O) groups is 2. The van der Waals surface area contributed by atoms with Crippen molar-refractivity contribution < 1.29 is 14.7 Å². The van der Waals surface area contributed by atoms with E-state index in [0.717, 1.165) is 25.7 Å². The average molecular weight is 256 g/mol. The van der Waals surface area contributed by atoms with Gasteiger partial charge in [0.2, 0.25) is 0 Å². The molecule has 1 rings (SSSR count). The van der Waals surface area contributed by atoms with E-state index in [1.807, 2.05) is 0 Å². The topological polar surface area (TPSA) is 78.4 Å². The third-order valence-electron chi connectivity index (χ3n) is 3.33. The highest BCUT2D eigenvalue weighted by Crippen LogP contribution is 2.20. The number of hydrogen-bond acceptors (Lipinski definition) is 2. The van der Waals surface area contributed by atoms with Crippen molar-refractivity contribution in [1.29, 1.82) is 0 Å². The van der Waals surface area contributed by atoms with Gasteiger partial charge in [0, 0.05) is 6.04 Å². The summed E-state index contributed by atoms with van der Waals surface area (Å²) in [5.41, 5.74) is -0.504. The lowest BCUT2D eigenvalue weighted by Crippen LogP contribution is -2.54. The quantitative estimate of drug-likeness (QED) is 0.723.